The third kappa shape index (κ3) is 2.28. The maximum atomic E-state index is 4.38. The van der Waals surface area contributed by atoms with E-state index >= 15 is 0 Å². The lowest BCUT2D eigenvalue weighted by molar-refractivity contribution is 0.595. The van der Waals surface area contributed by atoms with Crippen molar-refractivity contribution in [3.8, 4) is 5.82 Å². The summed E-state index contributed by atoms with van der Waals surface area (Å²) in [4.78, 5) is 4.38. The van der Waals surface area contributed by atoms with E-state index in [1.54, 1.807) is 10.9 Å². The molecule has 0 aliphatic heterocycles. The molecule has 84 valence electrons. The summed E-state index contributed by atoms with van der Waals surface area (Å²) < 4.78 is 1.75. The molecule has 4 nitrogen and oxygen atoms in total. The first-order chi connectivity index (χ1) is 7.81. The Kier molecular flexibility index (Phi) is 3.31. The highest BCUT2D eigenvalue weighted by Crippen LogP contribution is 2.12. The molecule has 0 aromatic carbocycles. The molecule has 0 aliphatic rings. The van der Waals surface area contributed by atoms with Crippen LogP contribution in [0.3, 0.4) is 0 Å². The summed E-state index contributed by atoms with van der Waals surface area (Å²) in [6, 6.07) is 6.29. The van der Waals surface area contributed by atoms with Crippen LogP contribution in [0.2, 0.25) is 0 Å². The topological polar surface area (TPSA) is 42.7 Å². The first-order valence-corrected chi connectivity index (χ1v) is 5.50. The predicted molar refractivity (Wildman–Crippen MR) is 63.5 cm³/mol. The summed E-state index contributed by atoms with van der Waals surface area (Å²) in [5.74, 6) is 0.845. The van der Waals surface area contributed by atoms with Gasteiger partial charge in [0.2, 0.25) is 0 Å². The van der Waals surface area contributed by atoms with E-state index < -0.39 is 0 Å². The summed E-state index contributed by atoms with van der Waals surface area (Å²) >= 11 is 0. The predicted octanol–water partition coefficient (Wildman–Crippen LogP) is 1.94. The minimum atomic E-state index is 0.337. The normalized spacial score (nSPS) is 12.6. The van der Waals surface area contributed by atoms with Gasteiger partial charge in [0, 0.05) is 24.6 Å². The first kappa shape index (κ1) is 10.8. The van der Waals surface area contributed by atoms with Gasteiger partial charge in [0.15, 0.2) is 5.82 Å². The zero-order valence-electron chi connectivity index (χ0n) is 9.59. The Hall–Kier alpha value is -1.68. The van der Waals surface area contributed by atoms with Crippen LogP contribution in [-0.2, 0) is 0 Å². The van der Waals surface area contributed by atoms with Crippen molar-refractivity contribution in [3.05, 3.63) is 42.4 Å². The SMILES string of the molecule is CCNC(C)c1ccc(-n2cccn2)nc1. The van der Waals surface area contributed by atoms with E-state index in [2.05, 4.69) is 35.3 Å². The maximum absolute atomic E-state index is 4.38. The van der Waals surface area contributed by atoms with Gasteiger partial charge >= 0.3 is 0 Å². The van der Waals surface area contributed by atoms with Crippen molar-refractivity contribution in [2.75, 3.05) is 6.54 Å². The molecule has 0 spiro atoms. The van der Waals surface area contributed by atoms with Gasteiger partial charge in [-0.15, -0.1) is 0 Å². The third-order valence-electron chi connectivity index (χ3n) is 2.52. The summed E-state index contributed by atoms with van der Waals surface area (Å²) in [5, 5.41) is 7.49. The van der Waals surface area contributed by atoms with E-state index in [4.69, 9.17) is 0 Å². The van der Waals surface area contributed by atoms with Crippen molar-refractivity contribution >= 4 is 0 Å². The first-order valence-electron chi connectivity index (χ1n) is 5.50. The number of hydrogen-bond donors (Lipinski definition) is 1. The zero-order chi connectivity index (χ0) is 11.4. The molecule has 0 bridgehead atoms. The molecule has 1 unspecified atom stereocenters. The number of nitrogens with zero attached hydrogens (tertiary/aromatic N) is 3. The number of nitrogens with one attached hydrogen (secondary N) is 1. The van der Waals surface area contributed by atoms with Crippen LogP contribution in [0.25, 0.3) is 5.82 Å². The van der Waals surface area contributed by atoms with Gasteiger partial charge in [0.05, 0.1) is 0 Å². The fourth-order valence-corrected chi connectivity index (χ4v) is 1.62. The smallest absolute Gasteiger partial charge is 0.153 e. The van der Waals surface area contributed by atoms with Crippen LogP contribution in [0.15, 0.2) is 36.8 Å². The maximum Gasteiger partial charge on any atom is 0.153 e. The van der Waals surface area contributed by atoms with Crippen molar-refractivity contribution in [1.82, 2.24) is 20.1 Å². The van der Waals surface area contributed by atoms with Gasteiger partial charge in [-0.2, -0.15) is 5.10 Å². The Morgan fingerprint density at radius 2 is 2.31 bits per heavy atom. The standard InChI is InChI=1S/C12H16N4/c1-3-13-10(2)11-5-6-12(14-9-11)16-8-4-7-15-16/h4-10,13H,3H2,1-2H3. The van der Waals surface area contributed by atoms with E-state index in [9.17, 15) is 0 Å². The Balaban J connectivity index is 2.16. The minimum Gasteiger partial charge on any atom is -0.310 e. The average molecular weight is 216 g/mol. The van der Waals surface area contributed by atoms with E-state index in [1.807, 2.05) is 24.5 Å². The summed E-state index contributed by atoms with van der Waals surface area (Å²) in [6.07, 6.45) is 5.52. The second-order valence-electron chi connectivity index (χ2n) is 3.68. The summed E-state index contributed by atoms with van der Waals surface area (Å²) in [7, 11) is 0. The van der Waals surface area contributed by atoms with Gasteiger partial charge in [0.25, 0.3) is 0 Å². The fourth-order valence-electron chi connectivity index (χ4n) is 1.62. The van der Waals surface area contributed by atoms with Crippen LogP contribution in [0.4, 0.5) is 0 Å². The Labute approximate surface area is 95.3 Å². The zero-order valence-corrected chi connectivity index (χ0v) is 9.59. The molecule has 0 radical (unpaired) electrons. The Bertz CT molecular complexity index is 419. The summed E-state index contributed by atoms with van der Waals surface area (Å²) in [6.45, 7) is 5.19. The van der Waals surface area contributed by atoms with Crippen LogP contribution < -0.4 is 5.32 Å². The van der Waals surface area contributed by atoms with Crippen LogP contribution >= 0.6 is 0 Å². The van der Waals surface area contributed by atoms with Gasteiger partial charge in [-0.1, -0.05) is 13.0 Å². The molecule has 16 heavy (non-hydrogen) atoms. The molecule has 4 heteroatoms. The average Bonchev–Trinajstić information content (AvgIpc) is 2.83. The molecule has 0 saturated carbocycles. The lowest BCUT2D eigenvalue weighted by Crippen LogP contribution is -2.17. The van der Waals surface area contributed by atoms with Gasteiger partial charge in [-0.25, -0.2) is 9.67 Å². The van der Waals surface area contributed by atoms with Crippen molar-refractivity contribution in [1.29, 1.82) is 0 Å². The highest BCUT2D eigenvalue weighted by molar-refractivity contribution is 5.25. The van der Waals surface area contributed by atoms with E-state index in [0.29, 0.717) is 6.04 Å². The van der Waals surface area contributed by atoms with Crippen LogP contribution in [0, 0.1) is 0 Å². The van der Waals surface area contributed by atoms with Gasteiger partial charge in [-0.3, -0.25) is 0 Å². The highest BCUT2D eigenvalue weighted by atomic mass is 15.3. The second kappa shape index (κ2) is 4.90. The Morgan fingerprint density at radius 1 is 1.44 bits per heavy atom. The molecule has 2 rings (SSSR count). The van der Waals surface area contributed by atoms with E-state index in [0.717, 1.165) is 12.4 Å². The second-order valence-corrected chi connectivity index (χ2v) is 3.68. The van der Waals surface area contributed by atoms with Crippen LogP contribution in [0.5, 0.6) is 0 Å². The van der Waals surface area contributed by atoms with Gasteiger partial charge < -0.3 is 5.32 Å². The van der Waals surface area contributed by atoms with Gasteiger partial charge in [0.1, 0.15) is 0 Å². The number of pyridine rings is 1. The molecule has 2 heterocycles. The molecule has 1 N–H and O–H groups in total. The van der Waals surface area contributed by atoms with Crippen molar-refractivity contribution < 1.29 is 0 Å². The quantitative estimate of drug-likeness (QED) is 0.849. The van der Waals surface area contributed by atoms with Gasteiger partial charge in [-0.05, 0) is 31.2 Å². The van der Waals surface area contributed by atoms with E-state index in [-0.39, 0.29) is 0 Å². The largest absolute Gasteiger partial charge is 0.310 e. The molecular weight excluding hydrogens is 200 g/mol. The molecular formula is C12H16N4. The lowest BCUT2D eigenvalue weighted by Gasteiger charge is -2.12. The lowest BCUT2D eigenvalue weighted by atomic mass is 10.1. The van der Waals surface area contributed by atoms with Crippen molar-refractivity contribution in [2.45, 2.75) is 19.9 Å². The molecule has 0 fully saturated rings. The fraction of sp³-hybridized carbons (Fsp3) is 0.333. The van der Waals surface area contributed by atoms with Crippen LogP contribution in [0.1, 0.15) is 25.5 Å². The molecule has 2 aromatic rings. The molecule has 1 atom stereocenters. The third-order valence-corrected chi connectivity index (χ3v) is 2.52. The monoisotopic (exact) mass is 216 g/mol. The Morgan fingerprint density at radius 3 is 2.88 bits per heavy atom. The summed E-state index contributed by atoms with van der Waals surface area (Å²) in [5.41, 5.74) is 1.19. The van der Waals surface area contributed by atoms with Crippen molar-refractivity contribution in [2.24, 2.45) is 0 Å². The molecule has 2 aromatic heterocycles. The van der Waals surface area contributed by atoms with Crippen molar-refractivity contribution in [3.63, 3.8) is 0 Å². The molecule has 0 saturated heterocycles. The number of aromatic nitrogens is 3. The number of hydrogen-bond acceptors (Lipinski definition) is 3. The van der Waals surface area contributed by atoms with Crippen LogP contribution in [-0.4, -0.2) is 21.3 Å². The minimum absolute atomic E-state index is 0.337. The van der Waals surface area contributed by atoms with E-state index in [1.165, 1.54) is 5.56 Å². The molecule has 0 amide bonds. The highest BCUT2D eigenvalue weighted by Gasteiger charge is 2.04. The number of rotatable bonds is 4. The molecule has 0 aliphatic carbocycles.